The minimum Gasteiger partial charge on any atom is -0.465 e. The quantitative estimate of drug-likeness (QED) is 0.474. The number of hydrogen-bond acceptors (Lipinski definition) is 5. The summed E-state index contributed by atoms with van der Waals surface area (Å²) in [6.07, 6.45) is 5.39. The van der Waals surface area contributed by atoms with Gasteiger partial charge in [-0.3, -0.25) is 0 Å². The monoisotopic (exact) mass is 296 g/mol. The summed E-state index contributed by atoms with van der Waals surface area (Å²) in [4.78, 5) is 11.2. The molecule has 1 aromatic rings. The van der Waals surface area contributed by atoms with Crippen molar-refractivity contribution in [3.8, 4) is 12.3 Å². The molecule has 0 aliphatic carbocycles. The van der Waals surface area contributed by atoms with E-state index in [1.165, 1.54) is 25.3 Å². The lowest BCUT2D eigenvalue weighted by atomic mass is 10.2. The zero-order valence-corrected chi connectivity index (χ0v) is 12.0. The lowest BCUT2D eigenvalue weighted by Gasteiger charge is -2.13. The fourth-order valence-corrected chi connectivity index (χ4v) is 2.94. The number of carbonyl (C=O) groups is 1. The topological polar surface area (TPSA) is 98.5 Å². The predicted octanol–water partition coefficient (Wildman–Crippen LogP) is 0.746. The van der Waals surface area contributed by atoms with Gasteiger partial charge in [-0.05, 0) is 25.1 Å². The van der Waals surface area contributed by atoms with Crippen LogP contribution >= 0.6 is 0 Å². The highest BCUT2D eigenvalue weighted by Gasteiger charge is 2.21. The Bertz CT molecular complexity index is 647. The van der Waals surface area contributed by atoms with Gasteiger partial charge in [-0.15, -0.1) is 12.3 Å². The number of terminal acetylenes is 1. The van der Waals surface area contributed by atoms with Crippen molar-refractivity contribution in [1.82, 2.24) is 4.72 Å². The van der Waals surface area contributed by atoms with E-state index in [1.807, 2.05) is 0 Å². The first-order valence-electron chi connectivity index (χ1n) is 5.75. The zero-order chi connectivity index (χ0) is 15.3. The number of nitrogens with two attached hydrogens (primary N) is 1. The smallest absolute Gasteiger partial charge is 0.337 e. The first-order chi connectivity index (χ1) is 9.31. The molecule has 0 aromatic heterocycles. The molecule has 0 aliphatic heterocycles. The molecule has 0 fully saturated rings. The van der Waals surface area contributed by atoms with E-state index in [9.17, 15) is 13.2 Å². The van der Waals surface area contributed by atoms with Gasteiger partial charge in [0.1, 0.15) is 4.90 Å². The summed E-state index contributed by atoms with van der Waals surface area (Å²) in [6.45, 7) is 1.65. The van der Waals surface area contributed by atoms with Gasteiger partial charge in [-0.25, -0.2) is 17.9 Å². The number of sulfonamides is 1. The number of benzene rings is 1. The summed E-state index contributed by atoms with van der Waals surface area (Å²) in [5.41, 5.74) is 5.83. The van der Waals surface area contributed by atoms with Crippen LogP contribution in [0.1, 0.15) is 23.7 Å². The average molecular weight is 296 g/mol. The second kappa shape index (κ2) is 6.41. The van der Waals surface area contributed by atoms with Gasteiger partial charge in [0.05, 0.1) is 18.4 Å². The summed E-state index contributed by atoms with van der Waals surface area (Å²) >= 11 is 0. The van der Waals surface area contributed by atoms with Gasteiger partial charge in [-0.1, -0.05) is 0 Å². The lowest BCUT2D eigenvalue weighted by molar-refractivity contribution is 0.0600. The number of nitrogen functional groups attached to an aromatic ring is 1. The Balaban J connectivity index is 3.08. The van der Waals surface area contributed by atoms with Crippen molar-refractivity contribution in [2.75, 3.05) is 12.8 Å². The second-order valence-electron chi connectivity index (χ2n) is 4.17. The van der Waals surface area contributed by atoms with E-state index in [4.69, 9.17) is 12.2 Å². The highest BCUT2D eigenvalue weighted by Crippen LogP contribution is 2.20. The van der Waals surface area contributed by atoms with Crippen LogP contribution in [0.4, 0.5) is 5.69 Å². The van der Waals surface area contributed by atoms with E-state index in [-0.39, 0.29) is 22.6 Å². The Morgan fingerprint density at radius 3 is 2.70 bits per heavy atom. The molecule has 6 nitrogen and oxygen atoms in total. The number of hydrogen-bond donors (Lipinski definition) is 2. The Hall–Kier alpha value is -2.04. The van der Waals surface area contributed by atoms with E-state index >= 15 is 0 Å². The first kappa shape index (κ1) is 16.0. The summed E-state index contributed by atoms with van der Waals surface area (Å²) < 4.78 is 31.2. The largest absolute Gasteiger partial charge is 0.465 e. The van der Waals surface area contributed by atoms with Gasteiger partial charge in [0.15, 0.2) is 0 Å². The van der Waals surface area contributed by atoms with Crippen LogP contribution in [0.15, 0.2) is 23.1 Å². The molecule has 0 amide bonds. The molecule has 1 aromatic carbocycles. The molecule has 7 heteroatoms. The molecule has 0 bridgehead atoms. The Morgan fingerprint density at radius 2 is 2.20 bits per heavy atom. The molecule has 0 spiro atoms. The molecule has 1 rings (SSSR count). The lowest BCUT2D eigenvalue weighted by Crippen LogP contribution is -2.32. The van der Waals surface area contributed by atoms with Crippen LogP contribution in [0, 0.1) is 12.3 Å². The fourth-order valence-electron chi connectivity index (χ4n) is 1.58. The Kier molecular flexibility index (Phi) is 5.13. The number of rotatable bonds is 5. The highest BCUT2D eigenvalue weighted by molar-refractivity contribution is 7.89. The summed E-state index contributed by atoms with van der Waals surface area (Å²) in [5, 5.41) is 0. The maximum atomic E-state index is 12.1. The van der Waals surface area contributed by atoms with Crippen molar-refractivity contribution in [1.29, 1.82) is 0 Å². The highest BCUT2D eigenvalue weighted by atomic mass is 32.2. The molecule has 3 N–H and O–H groups in total. The van der Waals surface area contributed by atoms with Crippen LogP contribution in [0.5, 0.6) is 0 Å². The van der Waals surface area contributed by atoms with Crippen LogP contribution in [-0.4, -0.2) is 27.5 Å². The van der Waals surface area contributed by atoms with E-state index in [0.717, 1.165) is 0 Å². The number of carbonyl (C=O) groups excluding carboxylic acids is 1. The summed E-state index contributed by atoms with van der Waals surface area (Å²) in [5.74, 6) is 1.78. The predicted molar refractivity (Wildman–Crippen MR) is 75.4 cm³/mol. The summed E-state index contributed by atoms with van der Waals surface area (Å²) in [6, 6.07) is 3.44. The molecule has 20 heavy (non-hydrogen) atoms. The van der Waals surface area contributed by atoms with Gasteiger partial charge in [0, 0.05) is 12.5 Å². The fraction of sp³-hybridized carbons (Fsp3) is 0.308. The standard InChI is InChI=1S/C13H16N2O4S/c1-4-5-9(2)15-20(17,18)12-7-6-10(8-11(12)14)13(16)19-3/h1,6-9,15H,5,14H2,2-3H3. The maximum absolute atomic E-state index is 12.1. The van der Waals surface area contributed by atoms with Gasteiger partial charge in [0.2, 0.25) is 10.0 Å². The molecule has 0 saturated heterocycles. The van der Waals surface area contributed by atoms with Crippen molar-refractivity contribution in [2.45, 2.75) is 24.3 Å². The molecule has 108 valence electrons. The minimum atomic E-state index is -3.78. The number of nitrogens with one attached hydrogen (secondary N) is 1. The van der Waals surface area contributed by atoms with Crippen LogP contribution in [0.25, 0.3) is 0 Å². The van der Waals surface area contributed by atoms with Gasteiger partial charge < -0.3 is 10.5 Å². The number of esters is 1. The van der Waals surface area contributed by atoms with Gasteiger partial charge in [0.25, 0.3) is 0 Å². The first-order valence-corrected chi connectivity index (χ1v) is 7.23. The van der Waals surface area contributed by atoms with E-state index < -0.39 is 22.0 Å². The van der Waals surface area contributed by atoms with E-state index in [2.05, 4.69) is 15.4 Å². The third-order valence-corrected chi connectivity index (χ3v) is 4.16. The van der Waals surface area contributed by atoms with Crippen LogP contribution in [-0.2, 0) is 14.8 Å². The van der Waals surface area contributed by atoms with Crippen LogP contribution < -0.4 is 10.5 Å². The normalized spacial score (nSPS) is 12.4. The summed E-state index contributed by atoms with van der Waals surface area (Å²) in [7, 11) is -2.56. The van der Waals surface area contributed by atoms with E-state index in [0.29, 0.717) is 0 Å². The van der Waals surface area contributed by atoms with Crippen molar-refractivity contribution >= 4 is 21.7 Å². The van der Waals surface area contributed by atoms with Gasteiger partial charge >= 0.3 is 5.97 Å². The van der Waals surface area contributed by atoms with Crippen LogP contribution in [0.3, 0.4) is 0 Å². The van der Waals surface area contributed by atoms with Crippen molar-refractivity contribution < 1.29 is 17.9 Å². The number of anilines is 1. The Morgan fingerprint density at radius 1 is 1.55 bits per heavy atom. The third kappa shape index (κ3) is 3.73. The molecular weight excluding hydrogens is 280 g/mol. The molecule has 0 saturated carbocycles. The average Bonchev–Trinajstić information content (AvgIpc) is 2.36. The molecule has 1 atom stereocenters. The molecule has 1 unspecified atom stereocenters. The van der Waals surface area contributed by atoms with Crippen molar-refractivity contribution in [3.63, 3.8) is 0 Å². The van der Waals surface area contributed by atoms with E-state index in [1.54, 1.807) is 6.92 Å². The number of ether oxygens (including phenoxy) is 1. The molecule has 0 aliphatic rings. The second-order valence-corrected chi connectivity index (χ2v) is 5.86. The molecule has 0 radical (unpaired) electrons. The van der Waals surface area contributed by atoms with Crippen molar-refractivity contribution in [2.24, 2.45) is 0 Å². The minimum absolute atomic E-state index is 0.0340. The zero-order valence-electron chi connectivity index (χ0n) is 11.2. The van der Waals surface area contributed by atoms with Crippen molar-refractivity contribution in [3.05, 3.63) is 23.8 Å². The molecular formula is C13H16N2O4S. The van der Waals surface area contributed by atoms with Gasteiger partial charge in [-0.2, -0.15) is 0 Å². The van der Waals surface area contributed by atoms with Crippen LogP contribution in [0.2, 0.25) is 0 Å². The number of methoxy groups -OCH3 is 1. The SMILES string of the molecule is C#CCC(C)NS(=O)(=O)c1ccc(C(=O)OC)cc1N. The molecule has 0 heterocycles. The Labute approximate surface area is 118 Å². The maximum Gasteiger partial charge on any atom is 0.337 e. The third-order valence-electron chi connectivity index (χ3n) is 2.50.